The summed E-state index contributed by atoms with van der Waals surface area (Å²) >= 11 is 0. The highest BCUT2D eigenvalue weighted by Crippen LogP contribution is 2.79. The molecule has 0 aromatic rings. The normalized spacial score (nSPS) is 81.0. The molecule has 0 radical (unpaired) electrons. The van der Waals surface area contributed by atoms with Gasteiger partial charge in [0.2, 0.25) is 0 Å². The lowest BCUT2D eigenvalue weighted by atomic mass is 9.60. The summed E-state index contributed by atoms with van der Waals surface area (Å²) in [7, 11) is 0. The minimum atomic E-state index is -0.000000000000000222. The first kappa shape index (κ1) is 7.24. The monoisotopic (exact) mass is 192 g/mol. The zero-order valence-electron chi connectivity index (χ0n) is 8.08. The Kier molecular flexibility index (Phi) is 0.931. The van der Waals surface area contributed by atoms with Gasteiger partial charge in [-0.2, -0.15) is 0 Å². The average Bonchev–Trinajstić information content (AvgIpc) is 2.71. The van der Waals surface area contributed by atoms with Crippen molar-refractivity contribution in [2.45, 2.75) is 25.0 Å². The fourth-order valence-corrected chi connectivity index (χ4v) is 6.52. The van der Waals surface area contributed by atoms with Crippen molar-refractivity contribution in [2.75, 3.05) is 0 Å². The summed E-state index contributed by atoms with van der Waals surface area (Å²) in [6.07, 6.45) is 2.27. The van der Waals surface area contributed by atoms with Gasteiger partial charge >= 0.3 is 0 Å². The molecule has 4 atom stereocenters. The maximum absolute atomic E-state index is 10.2. The lowest BCUT2D eigenvalue weighted by molar-refractivity contribution is 0.0202. The van der Waals surface area contributed by atoms with Crippen LogP contribution in [0.5, 0.6) is 0 Å². The van der Waals surface area contributed by atoms with Crippen LogP contribution in [0.4, 0.5) is 0 Å². The molecule has 0 bridgehead atoms. The summed E-state index contributed by atoms with van der Waals surface area (Å²) < 4.78 is 0. The van der Waals surface area contributed by atoms with Crippen LogP contribution >= 0.6 is 0 Å². The molecule has 0 saturated heterocycles. The highest BCUT2D eigenvalue weighted by molar-refractivity contribution is 5.26. The first-order valence-electron chi connectivity index (χ1n) is 6.15. The molecule has 5 rings (SSSR count). The van der Waals surface area contributed by atoms with Gasteiger partial charge in [-0.15, -0.1) is 0 Å². The Morgan fingerprint density at radius 3 is 1.14 bits per heavy atom. The van der Waals surface area contributed by atoms with Crippen molar-refractivity contribution in [1.82, 2.24) is 0 Å². The van der Waals surface area contributed by atoms with E-state index in [9.17, 15) is 10.2 Å². The van der Waals surface area contributed by atoms with E-state index >= 15 is 0 Å². The Bertz CT molecular complexity index is 260. The Morgan fingerprint density at radius 1 is 0.571 bits per heavy atom. The second kappa shape index (κ2) is 1.80. The highest BCUT2D eigenvalue weighted by atomic mass is 16.3. The van der Waals surface area contributed by atoms with Crippen LogP contribution in [-0.2, 0) is 0 Å². The molecule has 5 aliphatic rings. The average molecular weight is 192 g/mol. The molecule has 5 saturated carbocycles. The minimum Gasteiger partial charge on any atom is -0.393 e. The van der Waals surface area contributed by atoms with E-state index in [-0.39, 0.29) is 12.2 Å². The van der Waals surface area contributed by atoms with E-state index in [1.54, 1.807) is 0 Å². The van der Waals surface area contributed by atoms with Crippen LogP contribution in [0.2, 0.25) is 0 Å². The molecule has 4 unspecified atom stereocenters. The number of aliphatic hydroxyl groups excluding tert-OH is 2. The number of aliphatic hydroxyl groups is 2. The smallest absolute Gasteiger partial charge is 0.0602 e. The molecule has 0 aromatic carbocycles. The molecule has 5 aliphatic carbocycles. The second-order valence-electron chi connectivity index (χ2n) is 6.42. The van der Waals surface area contributed by atoms with Crippen LogP contribution in [0.25, 0.3) is 0 Å². The van der Waals surface area contributed by atoms with Crippen molar-refractivity contribution in [3.8, 4) is 0 Å². The molecule has 5 fully saturated rings. The van der Waals surface area contributed by atoms with Crippen LogP contribution in [-0.4, -0.2) is 22.4 Å². The van der Waals surface area contributed by atoms with Gasteiger partial charge in [0.25, 0.3) is 0 Å². The number of hydrogen-bond acceptors (Lipinski definition) is 2. The molecule has 2 N–H and O–H groups in total. The third-order valence-electron chi connectivity index (χ3n) is 6.60. The third kappa shape index (κ3) is 0.455. The van der Waals surface area contributed by atoms with Gasteiger partial charge in [-0.25, -0.2) is 0 Å². The van der Waals surface area contributed by atoms with E-state index in [0.29, 0.717) is 23.7 Å². The standard InChI is InChI=1S/C12H16O2/c13-11-3-1-4-8-7(3)9-5(11)2-6(10(8)9)12(4)14/h3-14H,1-2H2. The maximum atomic E-state index is 10.2. The highest BCUT2D eigenvalue weighted by Gasteiger charge is 2.78. The van der Waals surface area contributed by atoms with Crippen LogP contribution < -0.4 is 0 Å². The van der Waals surface area contributed by atoms with Gasteiger partial charge in [0, 0.05) is 0 Å². The van der Waals surface area contributed by atoms with Gasteiger partial charge in [-0.3, -0.25) is 0 Å². The summed E-state index contributed by atoms with van der Waals surface area (Å²) in [5.74, 6) is 5.61. The SMILES string of the molecule is OC1C2CC3C(O)C4CC1C1C2C3C41. The fraction of sp³-hybridized carbons (Fsp3) is 1.00. The zero-order valence-corrected chi connectivity index (χ0v) is 8.08. The molecule has 0 spiro atoms. The van der Waals surface area contributed by atoms with Crippen LogP contribution in [0.3, 0.4) is 0 Å². The van der Waals surface area contributed by atoms with Crippen molar-refractivity contribution in [3.05, 3.63) is 0 Å². The summed E-state index contributed by atoms with van der Waals surface area (Å²) in [5.41, 5.74) is 0. The molecule has 0 heterocycles. The van der Waals surface area contributed by atoms with Gasteiger partial charge in [-0.05, 0) is 60.2 Å². The second-order valence-corrected chi connectivity index (χ2v) is 6.42. The number of hydrogen-bond donors (Lipinski definition) is 2. The minimum absolute atomic E-state index is 0.000000000000000222. The molecule has 2 heteroatoms. The Morgan fingerprint density at radius 2 is 0.857 bits per heavy atom. The fourth-order valence-electron chi connectivity index (χ4n) is 6.52. The van der Waals surface area contributed by atoms with Crippen molar-refractivity contribution in [1.29, 1.82) is 0 Å². The maximum Gasteiger partial charge on any atom is 0.0602 e. The number of rotatable bonds is 0. The van der Waals surface area contributed by atoms with E-state index in [0.717, 1.165) is 36.5 Å². The lowest BCUT2D eigenvalue weighted by Gasteiger charge is -2.44. The third-order valence-corrected chi connectivity index (χ3v) is 6.60. The summed E-state index contributed by atoms with van der Waals surface area (Å²) in [6, 6.07) is 0. The predicted molar refractivity (Wildman–Crippen MR) is 49.2 cm³/mol. The van der Waals surface area contributed by atoms with Crippen LogP contribution in [0.1, 0.15) is 12.8 Å². The van der Waals surface area contributed by atoms with Gasteiger partial charge in [-0.1, -0.05) is 0 Å². The molecule has 0 amide bonds. The topological polar surface area (TPSA) is 40.5 Å². The largest absolute Gasteiger partial charge is 0.393 e. The van der Waals surface area contributed by atoms with Gasteiger partial charge in [0.05, 0.1) is 12.2 Å². The first-order chi connectivity index (χ1) is 6.79. The lowest BCUT2D eigenvalue weighted by Crippen LogP contribution is -2.41. The Hall–Kier alpha value is -0.0800. The molecule has 0 aliphatic heterocycles. The van der Waals surface area contributed by atoms with E-state index in [4.69, 9.17) is 0 Å². The molecule has 76 valence electrons. The summed E-state index contributed by atoms with van der Waals surface area (Å²) in [6.45, 7) is 0. The molecule has 14 heavy (non-hydrogen) atoms. The quantitative estimate of drug-likeness (QED) is 0.586. The first-order valence-corrected chi connectivity index (χ1v) is 6.15. The van der Waals surface area contributed by atoms with Gasteiger partial charge in [0.15, 0.2) is 0 Å². The van der Waals surface area contributed by atoms with E-state index < -0.39 is 0 Å². The van der Waals surface area contributed by atoms with Crippen molar-refractivity contribution < 1.29 is 10.2 Å². The van der Waals surface area contributed by atoms with E-state index in [1.807, 2.05) is 0 Å². The summed E-state index contributed by atoms with van der Waals surface area (Å²) in [4.78, 5) is 0. The zero-order chi connectivity index (χ0) is 9.19. The molecule has 2 nitrogen and oxygen atoms in total. The molecular formula is C12H16O2. The van der Waals surface area contributed by atoms with Gasteiger partial charge in [0.1, 0.15) is 0 Å². The van der Waals surface area contributed by atoms with Crippen LogP contribution in [0, 0.1) is 47.3 Å². The van der Waals surface area contributed by atoms with Crippen molar-refractivity contribution >= 4 is 0 Å². The van der Waals surface area contributed by atoms with Crippen LogP contribution in [0.15, 0.2) is 0 Å². The van der Waals surface area contributed by atoms with Crippen molar-refractivity contribution in [3.63, 3.8) is 0 Å². The predicted octanol–water partition coefficient (Wildman–Crippen LogP) is 0.486. The van der Waals surface area contributed by atoms with Crippen molar-refractivity contribution in [2.24, 2.45) is 47.3 Å². The Balaban J connectivity index is 1.76. The van der Waals surface area contributed by atoms with Gasteiger partial charge < -0.3 is 10.2 Å². The summed E-state index contributed by atoms with van der Waals surface area (Å²) in [5, 5.41) is 20.5. The molecular weight excluding hydrogens is 176 g/mol. The van der Waals surface area contributed by atoms with E-state index in [1.165, 1.54) is 0 Å². The molecule has 0 aromatic heterocycles. The Labute approximate surface area is 83.3 Å². The van der Waals surface area contributed by atoms with E-state index in [2.05, 4.69) is 0 Å².